The highest BCUT2D eigenvalue weighted by Gasteiger charge is 2.22. The summed E-state index contributed by atoms with van der Waals surface area (Å²) in [6, 6.07) is 18.0. The summed E-state index contributed by atoms with van der Waals surface area (Å²) in [5.41, 5.74) is 5.23. The number of para-hydroxylation sites is 2. The number of nitrogens with zero attached hydrogens (tertiary/aromatic N) is 2. The lowest BCUT2D eigenvalue weighted by atomic mass is 9.86. The van der Waals surface area contributed by atoms with Crippen LogP contribution in [0.3, 0.4) is 0 Å². The molecule has 0 radical (unpaired) electrons. The molecule has 0 spiro atoms. The molecule has 0 aliphatic carbocycles. The molecule has 10 heteroatoms. The van der Waals surface area contributed by atoms with Gasteiger partial charge in [-0.25, -0.2) is 8.42 Å². The van der Waals surface area contributed by atoms with E-state index in [1.165, 1.54) is 30.9 Å². The number of nitrogens with one attached hydrogen (secondary N) is 2. The van der Waals surface area contributed by atoms with Gasteiger partial charge in [-0.05, 0) is 47.7 Å². The van der Waals surface area contributed by atoms with Crippen LogP contribution in [-0.2, 0) is 15.4 Å². The number of sulfonamides is 1. The average molecular weight is 497 g/mol. The molecule has 9 nitrogen and oxygen atoms in total. The van der Waals surface area contributed by atoms with Crippen LogP contribution in [0.1, 0.15) is 38.8 Å². The second kappa shape index (κ2) is 10.1. The fraction of sp³-hybridized carbons (Fsp3) is 0.240. The molecular formula is C25H28N4O5S. The summed E-state index contributed by atoms with van der Waals surface area (Å²) in [6.45, 7) is 8.15. The molecule has 0 amide bonds. The molecule has 0 aliphatic heterocycles. The largest absolute Gasteiger partial charge is 0.495 e. The van der Waals surface area contributed by atoms with Gasteiger partial charge in [0.15, 0.2) is 0 Å². The number of nitro benzene ring substituents is 1. The van der Waals surface area contributed by atoms with Crippen LogP contribution in [0.25, 0.3) is 0 Å². The summed E-state index contributed by atoms with van der Waals surface area (Å²) >= 11 is 0. The van der Waals surface area contributed by atoms with Crippen molar-refractivity contribution in [3.8, 4) is 5.75 Å². The summed E-state index contributed by atoms with van der Waals surface area (Å²) in [5.74, 6) is 0.323. The molecule has 0 bridgehead atoms. The Hall–Kier alpha value is -3.92. The van der Waals surface area contributed by atoms with E-state index < -0.39 is 20.6 Å². The molecular weight excluding hydrogens is 468 g/mol. The van der Waals surface area contributed by atoms with E-state index in [1.54, 1.807) is 25.1 Å². The van der Waals surface area contributed by atoms with Crippen LogP contribution >= 0.6 is 0 Å². The van der Waals surface area contributed by atoms with Crippen LogP contribution in [0.5, 0.6) is 5.75 Å². The predicted molar refractivity (Wildman–Crippen MR) is 138 cm³/mol. The summed E-state index contributed by atoms with van der Waals surface area (Å²) in [6.07, 6.45) is 0. The molecule has 0 atom stereocenters. The second-order valence-corrected chi connectivity index (χ2v) is 10.6. The number of hydrogen-bond acceptors (Lipinski definition) is 7. The maximum absolute atomic E-state index is 12.9. The molecule has 0 aromatic heterocycles. The zero-order chi connectivity index (χ0) is 25.8. The number of nitro groups is 1. The Bertz CT molecular complexity index is 1360. The lowest BCUT2D eigenvalue weighted by molar-refractivity contribution is -0.384. The van der Waals surface area contributed by atoms with Gasteiger partial charge in [0.05, 0.1) is 28.3 Å². The van der Waals surface area contributed by atoms with Gasteiger partial charge in [-0.3, -0.25) is 20.3 Å². The number of hydrazone groups is 1. The van der Waals surface area contributed by atoms with Gasteiger partial charge in [0.1, 0.15) is 11.4 Å². The van der Waals surface area contributed by atoms with Gasteiger partial charge in [0.2, 0.25) is 0 Å². The Morgan fingerprint density at radius 2 is 1.66 bits per heavy atom. The van der Waals surface area contributed by atoms with Gasteiger partial charge in [-0.15, -0.1) is 0 Å². The van der Waals surface area contributed by atoms with Crippen LogP contribution in [0.4, 0.5) is 17.1 Å². The van der Waals surface area contributed by atoms with Gasteiger partial charge in [-0.2, -0.15) is 5.10 Å². The Kier molecular flexibility index (Phi) is 7.45. The molecule has 0 fully saturated rings. The Morgan fingerprint density at radius 3 is 2.26 bits per heavy atom. The van der Waals surface area contributed by atoms with Crippen molar-refractivity contribution in [1.29, 1.82) is 0 Å². The topological polar surface area (TPSA) is 123 Å². The molecule has 0 saturated carbocycles. The highest BCUT2D eigenvalue weighted by Crippen LogP contribution is 2.31. The summed E-state index contributed by atoms with van der Waals surface area (Å²) < 4.78 is 33.3. The number of anilines is 2. The zero-order valence-electron chi connectivity index (χ0n) is 20.2. The fourth-order valence-corrected chi connectivity index (χ4v) is 4.37. The quantitative estimate of drug-likeness (QED) is 0.240. The van der Waals surface area contributed by atoms with Crippen LogP contribution in [0.2, 0.25) is 0 Å². The minimum absolute atomic E-state index is 0.0189. The number of hydrogen-bond donors (Lipinski definition) is 2. The molecule has 0 unspecified atom stereocenters. The monoisotopic (exact) mass is 496 g/mol. The molecule has 184 valence electrons. The van der Waals surface area contributed by atoms with Crippen molar-refractivity contribution in [3.63, 3.8) is 0 Å². The maximum atomic E-state index is 12.9. The summed E-state index contributed by atoms with van der Waals surface area (Å²) in [5, 5.41) is 16.0. The summed E-state index contributed by atoms with van der Waals surface area (Å²) in [7, 11) is -2.69. The lowest BCUT2D eigenvalue weighted by Crippen LogP contribution is -2.14. The van der Waals surface area contributed by atoms with E-state index in [0.717, 1.165) is 11.6 Å². The van der Waals surface area contributed by atoms with Gasteiger partial charge in [0.25, 0.3) is 15.7 Å². The highest BCUT2D eigenvalue weighted by molar-refractivity contribution is 7.92. The molecule has 3 aromatic carbocycles. The third kappa shape index (κ3) is 6.15. The normalized spacial score (nSPS) is 12.2. The van der Waals surface area contributed by atoms with Crippen molar-refractivity contribution in [3.05, 3.63) is 88.0 Å². The van der Waals surface area contributed by atoms with E-state index in [0.29, 0.717) is 11.5 Å². The van der Waals surface area contributed by atoms with Gasteiger partial charge in [-0.1, -0.05) is 57.2 Å². The first-order valence-corrected chi connectivity index (χ1v) is 12.3. The highest BCUT2D eigenvalue weighted by atomic mass is 32.2. The van der Waals surface area contributed by atoms with E-state index >= 15 is 0 Å². The first-order valence-electron chi connectivity index (χ1n) is 10.8. The Balaban J connectivity index is 1.86. The molecule has 0 aliphatic rings. The average Bonchev–Trinajstić information content (AvgIpc) is 2.82. The first kappa shape index (κ1) is 25.7. The fourth-order valence-electron chi connectivity index (χ4n) is 3.28. The molecule has 0 saturated heterocycles. The van der Waals surface area contributed by atoms with Crippen molar-refractivity contribution in [2.75, 3.05) is 17.3 Å². The Morgan fingerprint density at radius 1 is 1.00 bits per heavy atom. The van der Waals surface area contributed by atoms with Crippen LogP contribution in [0.15, 0.2) is 76.7 Å². The van der Waals surface area contributed by atoms with Crippen molar-refractivity contribution < 1.29 is 18.1 Å². The van der Waals surface area contributed by atoms with Gasteiger partial charge >= 0.3 is 0 Å². The van der Waals surface area contributed by atoms with E-state index in [-0.39, 0.29) is 21.7 Å². The standard InChI is InChI=1S/C25H28N4O5S/c1-17(18-10-12-19(13-11-18)25(2,3)4)26-27-21-15-14-20(16-23(21)29(30)31)35(32,33)28-22-8-6-7-9-24(22)34-5/h6-16,27-28H,1-5H3. The third-order valence-electron chi connectivity index (χ3n) is 5.34. The molecule has 35 heavy (non-hydrogen) atoms. The van der Waals surface area contributed by atoms with Crippen LogP contribution in [-0.4, -0.2) is 26.2 Å². The minimum Gasteiger partial charge on any atom is -0.495 e. The number of benzene rings is 3. The maximum Gasteiger partial charge on any atom is 0.295 e. The molecule has 0 heterocycles. The molecule has 3 aromatic rings. The van der Waals surface area contributed by atoms with Crippen molar-refractivity contribution in [2.24, 2.45) is 5.10 Å². The van der Waals surface area contributed by atoms with E-state index in [2.05, 4.69) is 36.0 Å². The van der Waals surface area contributed by atoms with Gasteiger partial charge in [0, 0.05) is 6.07 Å². The first-order chi connectivity index (χ1) is 16.4. The van der Waals surface area contributed by atoms with Crippen LogP contribution in [0, 0.1) is 10.1 Å². The minimum atomic E-state index is -4.11. The third-order valence-corrected chi connectivity index (χ3v) is 6.70. The van der Waals surface area contributed by atoms with E-state index in [1.807, 2.05) is 24.3 Å². The Labute approximate surface area is 205 Å². The van der Waals surface area contributed by atoms with E-state index in [9.17, 15) is 18.5 Å². The number of rotatable bonds is 8. The summed E-state index contributed by atoms with van der Waals surface area (Å²) in [4.78, 5) is 10.8. The molecule has 2 N–H and O–H groups in total. The lowest BCUT2D eigenvalue weighted by Gasteiger charge is -2.19. The SMILES string of the molecule is COc1ccccc1NS(=O)(=O)c1ccc(NN=C(C)c2ccc(C(C)(C)C)cc2)c([N+](=O)[O-])c1. The number of ether oxygens (including phenoxy) is 1. The van der Waals surface area contributed by atoms with Crippen molar-refractivity contribution in [2.45, 2.75) is 38.0 Å². The number of methoxy groups -OCH3 is 1. The van der Waals surface area contributed by atoms with Crippen LogP contribution < -0.4 is 14.9 Å². The predicted octanol–water partition coefficient (Wildman–Crippen LogP) is 5.54. The smallest absolute Gasteiger partial charge is 0.295 e. The van der Waals surface area contributed by atoms with Crippen molar-refractivity contribution >= 4 is 32.8 Å². The van der Waals surface area contributed by atoms with Gasteiger partial charge < -0.3 is 4.74 Å². The second-order valence-electron chi connectivity index (χ2n) is 8.88. The molecule has 3 rings (SSSR count). The van der Waals surface area contributed by atoms with Crippen molar-refractivity contribution in [1.82, 2.24) is 0 Å². The zero-order valence-corrected chi connectivity index (χ0v) is 21.0. The van der Waals surface area contributed by atoms with E-state index in [4.69, 9.17) is 4.74 Å².